The van der Waals surface area contributed by atoms with Crippen molar-refractivity contribution in [2.24, 2.45) is 11.8 Å². The molecule has 190 valence electrons. The first-order valence-corrected chi connectivity index (χ1v) is 23.0. The molecule has 2 nitrogen and oxygen atoms in total. The van der Waals surface area contributed by atoms with E-state index in [2.05, 4.69) is 86.9 Å². The smallest absolute Gasteiger partial charge is 0.216 e. The Morgan fingerprint density at radius 2 is 1.72 bits per heavy atom. The summed E-state index contributed by atoms with van der Waals surface area (Å²) in [4.78, 5) is 0. The first-order chi connectivity index (χ1) is 14.6. The molecule has 32 heavy (non-hydrogen) atoms. The van der Waals surface area contributed by atoms with Gasteiger partial charge >= 0.3 is 0 Å². The minimum absolute atomic E-state index is 0.117. The molecule has 0 aromatic rings. The minimum atomic E-state index is -2.06. The van der Waals surface area contributed by atoms with Gasteiger partial charge in [0.25, 0.3) is 0 Å². The summed E-state index contributed by atoms with van der Waals surface area (Å²) in [5.74, 6) is 1.58. The second-order valence-electron chi connectivity index (χ2n) is 12.8. The maximum Gasteiger partial charge on any atom is 0.216 e. The van der Waals surface area contributed by atoms with Crippen molar-refractivity contribution in [3.8, 4) is 0 Å². The molecule has 0 amide bonds. The summed E-state index contributed by atoms with van der Waals surface area (Å²) in [6.45, 7) is 29.0. The van der Waals surface area contributed by atoms with E-state index in [-0.39, 0.29) is 5.22 Å². The van der Waals surface area contributed by atoms with Gasteiger partial charge in [-0.3, -0.25) is 0 Å². The Kier molecular flexibility index (Phi) is 11.7. The number of unbranched alkanes of at least 4 members (excludes halogenated alkanes) is 1. The number of hydrogen-bond donors (Lipinski definition) is 0. The van der Waals surface area contributed by atoms with E-state index in [0.29, 0.717) is 5.73 Å². The van der Waals surface area contributed by atoms with E-state index in [0.717, 1.165) is 24.7 Å². The predicted octanol–water partition coefficient (Wildman–Crippen LogP) is 9.35. The van der Waals surface area contributed by atoms with Gasteiger partial charge in [0.2, 0.25) is 8.32 Å². The molecule has 0 N–H and O–H groups in total. The Hall–Kier alpha value is 0.311. The zero-order chi connectivity index (χ0) is 24.8. The van der Waals surface area contributed by atoms with Gasteiger partial charge in [-0.25, -0.2) is 0 Å². The standard InChI is InChI=1S/C27H58O2Si3/c1-13-16-21-30(7,8)26(14-2)28-32(11,12)27(6,15-3)29-31(9,10)22-24(5)25-19-17-23(4)18-20-25/h17,24-26H,13-16,18-22H2,1-12H3. The Morgan fingerprint density at radius 1 is 1.09 bits per heavy atom. The van der Waals surface area contributed by atoms with E-state index in [4.69, 9.17) is 8.85 Å². The lowest BCUT2D eigenvalue weighted by atomic mass is 9.83. The molecule has 0 spiro atoms. The quantitative estimate of drug-likeness (QED) is 0.175. The van der Waals surface area contributed by atoms with Gasteiger partial charge < -0.3 is 8.85 Å². The first-order valence-electron chi connectivity index (χ1n) is 13.7. The van der Waals surface area contributed by atoms with E-state index in [1.165, 1.54) is 44.2 Å². The van der Waals surface area contributed by atoms with Crippen LogP contribution in [-0.4, -0.2) is 35.7 Å². The summed E-state index contributed by atoms with van der Waals surface area (Å²) >= 11 is 0. The zero-order valence-corrected chi connectivity index (χ0v) is 27.0. The summed E-state index contributed by atoms with van der Waals surface area (Å²) in [5.41, 5.74) is 2.03. The molecule has 0 saturated heterocycles. The van der Waals surface area contributed by atoms with Crippen LogP contribution in [0.25, 0.3) is 0 Å². The van der Waals surface area contributed by atoms with Crippen LogP contribution < -0.4 is 0 Å². The summed E-state index contributed by atoms with van der Waals surface area (Å²) in [6, 6.07) is 2.64. The summed E-state index contributed by atoms with van der Waals surface area (Å²) in [5, 5.41) is -0.117. The van der Waals surface area contributed by atoms with Crippen LogP contribution >= 0.6 is 0 Å². The molecule has 1 aliphatic carbocycles. The summed E-state index contributed by atoms with van der Waals surface area (Å²) in [7, 11) is -5.28. The van der Waals surface area contributed by atoms with E-state index in [1.54, 1.807) is 5.57 Å². The number of hydrogen-bond acceptors (Lipinski definition) is 2. The van der Waals surface area contributed by atoms with Crippen LogP contribution in [0.1, 0.15) is 86.5 Å². The monoisotopic (exact) mass is 498 g/mol. The fourth-order valence-electron chi connectivity index (χ4n) is 5.79. The van der Waals surface area contributed by atoms with Gasteiger partial charge in [-0.1, -0.05) is 71.3 Å². The predicted molar refractivity (Wildman–Crippen MR) is 152 cm³/mol. The highest BCUT2D eigenvalue weighted by atomic mass is 28.4. The topological polar surface area (TPSA) is 18.5 Å². The molecule has 0 aromatic heterocycles. The highest BCUT2D eigenvalue weighted by molar-refractivity contribution is 6.81. The summed E-state index contributed by atoms with van der Waals surface area (Å²) < 4.78 is 14.4. The highest BCUT2D eigenvalue weighted by Gasteiger charge is 2.50. The van der Waals surface area contributed by atoms with E-state index < -0.39 is 24.7 Å². The fraction of sp³-hybridized carbons (Fsp3) is 0.926. The van der Waals surface area contributed by atoms with Crippen molar-refractivity contribution >= 4 is 24.7 Å². The number of rotatable bonds is 14. The van der Waals surface area contributed by atoms with Crippen molar-refractivity contribution in [1.29, 1.82) is 0 Å². The molecular formula is C27H58O2Si3. The van der Waals surface area contributed by atoms with Gasteiger partial charge in [0.1, 0.15) is 0 Å². The molecule has 0 heterocycles. The van der Waals surface area contributed by atoms with Crippen molar-refractivity contribution in [3.05, 3.63) is 11.6 Å². The molecule has 1 rings (SSSR count). The van der Waals surface area contributed by atoms with Crippen molar-refractivity contribution < 1.29 is 8.85 Å². The molecule has 0 saturated carbocycles. The molecule has 0 bridgehead atoms. The zero-order valence-electron chi connectivity index (χ0n) is 24.0. The third kappa shape index (κ3) is 8.51. The third-order valence-electron chi connectivity index (χ3n) is 8.60. The van der Waals surface area contributed by atoms with Crippen LogP contribution in [0.4, 0.5) is 0 Å². The van der Waals surface area contributed by atoms with Crippen LogP contribution in [0.5, 0.6) is 0 Å². The third-order valence-corrected chi connectivity index (χ3v) is 19.5. The molecular weight excluding hydrogens is 441 g/mol. The van der Waals surface area contributed by atoms with Crippen LogP contribution in [0.3, 0.4) is 0 Å². The van der Waals surface area contributed by atoms with Gasteiger partial charge in [-0.2, -0.15) is 0 Å². The van der Waals surface area contributed by atoms with Crippen LogP contribution in [0.2, 0.25) is 51.4 Å². The molecule has 0 aromatic carbocycles. The first kappa shape index (κ1) is 30.3. The second kappa shape index (κ2) is 12.3. The average Bonchev–Trinajstić information content (AvgIpc) is 2.69. The van der Waals surface area contributed by atoms with Crippen LogP contribution in [0, 0.1) is 11.8 Å². The number of allylic oxidation sites excluding steroid dienone is 2. The molecule has 0 fully saturated rings. The molecule has 0 radical (unpaired) electrons. The van der Waals surface area contributed by atoms with Crippen molar-refractivity contribution in [2.75, 3.05) is 0 Å². The summed E-state index contributed by atoms with van der Waals surface area (Å²) in [6.07, 6.45) is 11.2. The highest BCUT2D eigenvalue weighted by Crippen LogP contribution is 2.39. The maximum absolute atomic E-state index is 7.24. The lowest BCUT2D eigenvalue weighted by Crippen LogP contribution is -2.63. The van der Waals surface area contributed by atoms with Gasteiger partial charge in [-0.15, -0.1) is 0 Å². The Morgan fingerprint density at radius 3 is 2.19 bits per heavy atom. The average molecular weight is 499 g/mol. The van der Waals surface area contributed by atoms with Crippen LogP contribution in [0.15, 0.2) is 11.6 Å². The van der Waals surface area contributed by atoms with Gasteiger partial charge in [0.15, 0.2) is 8.32 Å². The van der Waals surface area contributed by atoms with Crippen LogP contribution in [-0.2, 0) is 8.85 Å². The van der Waals surface area contributed by atoms with Crippen molar-refractivity contribution in [2.45, 2.75) is 149 Å². The van der Waals surface area contributed by atoms with Gasteiger partial charge in [-0.05, 0) is 90.0 Å². The van der Waals surface area contributed by atoms with E-state index in [1.807, 2.05) is 0 Å². The lowest BCUT2D eigenvalue weighted by Gasteiger charge is -2.49. The van der Waals surface area contributed by atoms with Crippen molar-refractivity contribution in [3.63, 3.8) is 0 Å². The van der Waals surface area contributed by atoms with Gasteiger partial charge in [0.05, 0.1) is 13.3 Å². The minimum Gasteiger partial charge on any atom is -0.415 e. The maximum atomic E-state index is 7.24. The molecule has 0 aliphatic heterocycles. The second-order valence-corrected chi connectivity index (χ2v) is 26.4. The molecule has 1 aliphatic rings. The normalized spacial score (nSPS) is 22.2. The largest absolute Gasteiger partial charge is 0.415 e. The Balaban J connectivity index is 2.93. The Bertz CT molecular complexity index is 600. The fourth-order valence-corrected chi connectivity index (χ4v) is 17.8. The SMILES string of the molecule is CCCC[Si](C)(C)C(CC)O[Si](C)(C)C(C)(CC)O[Si](C)(C)CC(C)C1CC=C(C)CC1. The van der Waals surface area contributed by atoms with Gasteiger partial charge in [0, 0.05) is 5.73 Å². The van der Waals surface area contributed by atoms with Crippen molar-refractivity contribution in [1.82, 2.24) is 0 Å². The lowest BCUT2D eigenvalue weighted by molar-refractivity contribution is 0.104. The molecule has 4 unspecified atom stereocenters. The molecule has 4 atom stereocenters. The molecule has 5 heteroatoms. The van der Waals surface area contributed by atoms with E-state index in [9.17, 15) is 0 Å². The van der Waals surface area contributed by atoms with E-state index >= 15 is 0 Å². The Labute approximate surface area is 205 Å².